The molecule has 0 fully saturated rings. The Morgan fingerprint density at radius 1 is 1.03 bits per heavy atom. The van der Waals surface area contributed by atoms with E-state index in [1.165, 1.54) is 16.4 Å². The quantitative estimate of drug-likeness (QED) is 0.660. The lowest BCUT2D eigenvalue weighted by molar-refractivity contribution is 0.102. The second kappa shape index (κ2) is 7.54. The van der Waals surface area contributed by atoms with Crippen molar-refractivity contribution >= 4 is 38.9 Å². The van der Waals surface area contributed by atoms with Gasteiger partial charge in [0.2, 0.25) is 0 Å². The molecule has 0 aromatic heterocycles. The molecule has 148 valence electrons. The van der Waals surface area contributed by atoms with E-state index in [4.69, 9.17) is 11.6 Å². The standard InChI is InChI=1S/C22H19ClN2O3S/c1-15-13-18(23)9-10-20(15)24-22(26)17-6-4-7-19(14-17)29(27,28)25-12-11-16-5-2-3-8-21(16)25/h2-10,13-14H,11-12H2,1H3,(H,24,26). The van der Waals surface area contributed by atoms with Gasteiger partial charge in [-0.3, -0.25) is 9.10 Å². The van der Waals surface area contributed by atoms with Crippen molar-refractivity contribution in [1.82, 2.24) is 0 Å². The summed E-state index contributed by atoms with van der Waals surface area (Å²) in [5.41, 5.74) is 3.42. The van der Waals surface area contributed by atoms with Crippen molar-refractivity contribution in [1.29, 1.82) is 0 Å². The fourth-order valence-corrected chi connectivity index (χ4v) is 5.22. The predicted octanol–water partition coefficient (Wildman–Crippen LogP) is 4.65. The Labute approximate surface area is 175 Å². The summed E-state index contributed by atoms with van der Waals surface area (Å²) in [6.45, 7) is 2.23. The van der Waals surface area contributed by atoms with Crippen molar-refractivity contribution in [3.63, 3.8) is 0 Å². The molecule has 0 unspecified atom stereocenters. The van der Waals surface area contributed by atoms with Crippen LogP contribution >= 0.6 is 11.6 Å². The van der Waals surface area contributed by atoms with Crippen LogP contribution in [0.3, 0.4) is 0 Å². The van der Waals surface area contributed by atoms with Crippen LogP contribution in [0.2, 0.25) is 5.02 Å². The smallest absolute Gasteiger partial charge is 0.264 e. The summed E-state index contributed by atoms with van der Waals surface area (Å²) in [5, 5.41) is 3.39. The number of rotatable bonds is 4. The van der Waals surface area contributed by atoms with E-state index in [1.54, 1.807) is 36.4 Å². The van der Waals surface area contributed by atoms with Crippen LogP contribution < -0.4 is 9.62 Å². The van der Waals surface area contributed by atoms with Gasteiger partial charge in [-0.15, -0.1) is 0 Å². The molecule has 1 heterocycles. The Bertz CT molecular complexity index is 1210. The molecule has 0 atom stereocenters. The Morgan fingerprint density at radius 3 is 2.62 bits per heavy atom. The number of nitrogens with zero attached hydrogens (tertiary/aromatic N) is 1. The van der Waals surface area contributed by atoms with Gasteiger partial charge >= 0.3 is 0 Å². The fraction of sp³-hybridized carbons (Fsp3) is 0.136. The summed E-state index contributed by atoms with van der Waals surface area (Å²) in [7, 11) is -3.76. The van der Waals surface area contributed by atoms with Crippen molar-refractivity contribution in [2.75, 3.05) is 16.2 Å². The lowest BCUT2D eigenvalue weighted by Gasteiger charge is -2.20. The molecule has 0 saturated carbocycles. The molecule has 5 nitrogen and oxygen atoms in total. The van der Waals surface area contributed by atoms with Gasteiger partial charge in [0, 0.05) is 22.8 Å². The molecular weight excluding hydrogens is 408 g/mol. The second-order valence-corrected chi connectivity index (χ2v) is 9.20. The largest absolute Gasteiger partial charge is 0.322 e. The van der Waals surface area contributed by atoms with Gasteiger partial charge in [-0.2, -0.15) is 0 Å². The van der Waals surface area contributed by atoms with Gasteiger partial charge in [0.05, 0.1) is 10.6 Å². The highest BCUT2D eigenvalue weighted by Gasteiger charge is 2.30. The maximum Gasteiger partial charge on any atom is 0.264 e. The van der Waals surface area contributed by atoms with E-state index in [1.807, 2.05) is 25.1 Å². The van der Waals surface area contributed by atoms with E-state index in [9.17, 15) is 13.2 Å². The van der Waals surface area contributed by atoms with E-state index in [0.29, 0.717) is 29.4 Å². The summed E-state index contributed by atoms with van der Waals surface area (Å²) in [6.07, 6.45) is 0.672. The molecule has 3 aromatic rings. The second-order valence-electron chi connectivity index (χ2n) is 6.90. The van der Waals surface area contributed by atoms with Crippen LogP contribution in [0.5, 0.6) is 0 Å². The molecule has 0 saturated heterocycles. The number of para-hydroxylation sites is 1. The van der Waals surface area contributed by atoms with Gasteiger partial charge in [-0.05, 0) is 66.9 Å². The number of anilines is 2. The number of amides is 1. The van der Waals surface area contributed by atoms with Crippen molar-refractivity contribution < 1.29 is 13.2 Å². The Morgan fingerprint density at radius 2 is 1.83 bits per heavy atom. The fourth-order valence-electron chi connectivity index (χ4n) is 3.44. The predicted molar refractivity (Wildman–Crippen MR) is 115 cm³/mol. The first-order valence-corrected chi connectivity index (χ1v) is 11.0. The van der Waals surface area contributed by atoms with Crippen LogP contribution in [0.4, 0.5) is 11.4 Å². The SMILES string of the molecule is Cc1cc(Cl)ccc1NC(=O)c1cccc(S(=O)(=O)N2CCc3ccccc32)c1. The molecule has 7 heteroatoms. The summed E-state index contributed by atoms with van der Waals surface area (Å²) >= 11 is 5.96. The first-order chi connectivity index (χ1) is 13.9. The van der Waals surface area contributed by atoms with E-state index >= 15 is 0 Å². The van der Waals surface area contributed by atoms with Crippen LogP contribution in [0.1, 0.15) is 21.5 Å². The Hall–Kier alpha value is -2.83. The third-order valence-electron chi connectivity index (χ3n) is 4.97. The summed E-state index contributed by atoms with van der Waals surface area (Å²) in [6, 6.07) is 18.7. The first-order valence-electron chi connectivity index (χ1n) is 9.14. The molecule has 1 amide bonds. The molecule has 4 rings (SSSR count). The lowest BCUT2D eigenvalue weighted by atomic mass is 10.1. The van der Waals surface area contributed by atoms with Crippen LogP contribution in [-0.4, -0.2) is 20.9 Å². The van der Waals surface area contributed by atoms with Gasteiger partial charge in [0.1, 0.15) is 0 Å². The zero-order valence-electron chi connectivity index (χ0n) is 15.7. The summed E-state index contributed by atoms with van der Waals surface area (Å²) in [5.74, 6) is -0.380. The summed E-state index contributed by atoms with van der Waals surface area (Å²) in [4.78, 5) is 12.8. The van der Waals surface area contributed by atoms with Crippen molar-refractivity contribution in [2.24, 2.45) is 0 Å². The van der Waals surface area contributed by atoms with Crippen LogP contribution in [0.15, 0.2) is 71.6 Å². The minimum Gasteiger partial charge on any atom is -0.322 e. The Balaban J connectivity index is 1.62. The Kier molecular flexibility index (Phi) is 5.06. The van der Waals surface area contributed by atoms with Gasteiger partial charge < -0.3 is 5.32 Å². The minimum absolute atomic E-state index is 0.0923. The van der Waals surface area contributed by atoms with Crippen molar-refractivity contribution in [3.05, 3.63) is 88.4 Å². The highest BCUT2D eigenvalue weighted by atomic mass is 35.5. The summed E-state index contributed by atoms with van der Waals surface area (Å²) < 4.78 is 27.8. The minimum atomic E-state index is -3.76. The van der Waals surface area contributed by atoms with Gasteiger partial charge in [0.25, 0.3) is 15.9 Å². The molecule has 29 heavy (non-hydrogen) atoms. The number of benzene rings is 3. The number of aryl methyl sites for hydroxylation is 1. The average Bonchev–Trinajstić information content (AvgIpc) is 3.15. The first kappa shape index (κ1) is 19.5. The zero-order valence-corrected chi connectivity index (χ0v) is 17.3. The third kappa shape index (κ3) is 3.73. The molecule has 3 aromatic carbocycles. The average molecular weight is 427 g/mol. The van der Waals surface area contributed by atoms with Crippen molar-refractivity contribution in [3.8, 4) is 0 Å². The molecule has 0 radical (unpaired) electrons. The van der Waals surface area contributed by atoms with E-state index in [0.717, 1.165) is 11.1 Å². The van der Waals surface area contributed by atoms with Gasteiger partial charge in [-0.1, -0.05) is 35.9 Å². The van der Waals surface area contributed by atoms with E-state index in [2.05, 4.69) is 5.32 Å². The monoisotopic (exact) mass is 426 g/mol. The number of hydrogen-bond acceptors (Lipinski definition) is 3. The molecule has 1 N–H and O–H groups in total. The van der Waals surface area contributed by atoms with Crippen LogP contribution in [0.25, 0.3) is 0 Å². The van der Waals surface area contributed by atoms with E-state index < -0.39 is 10.0 Å². The normalized spacial score (nSPS) is 13.2. The highest BCUT2D eigenvalue weighted by molar-refractivity contribution is 7.92. The number of hydrogen-bond donors (Lipinski definition) is 1. The molecule has 1 aliphatic rings. The van der Waals surface area contributed by atoms with Gasteiger partial charge in [0.15, 0.2) is 0 Å². The topological polar surface area (TPSA) is 66.5 Å². The molecule has 0 bridgehead atoms. The number of fused-ring (bicyclic) bond motifs is 1. The molecule has 1 aliphatic heterocycles. The maximum atomic E-state index is 13.2. The number of nitrogens with one attached hydrogen (secondary N) is 1. The van der Waals surface area contributed by atoms with Crippen LogP contribution in [0, 0.1) is 6.92 Å². The number of carbonyl (C=O) groups excluding carboxylic acids is 1. The number of carbonyl (C=O) groups is 1. The molecule has 0 aliphatic carbocycles. The molecular formula is C22H19ClN2O3S. The lowest BCUT2D eigenvalue weighted by Crippen LogP contribution is -2.29. The maximum absolute atomic E-state index is 13.2. The van der Waals surface area contributed by atoms with Crippen LogP contribution in [-0.2, 0) is 16.4 Å². The third-order valence-corrected chi connectivity index (χ3v) is 7.01. The van der Waals surface area contributed by atoms with Crippen molar-refractivity contribution in [2.45, 2.75) is 18.2 Å². The molecule has 0 spiro atoms. The highest BCUT2D eigenvalue weighted by Crippen LogP contribution is 2.32. The van der Waals surface area contributed by atoms with Gasteiger partial charge in [-0.25, -0.2) is 8.42 Å². The zero-order chi connectivity index (χ0) is 20.6. The number of halogens is 1. The van der Waals surface area contributed by atoms with E-state index in [-0.39, 0.29) is 16.4 Å². The number of sulfonamides is 1.